The summed E-state index contributed by atoms with van der Waals surface area (Å²) < 4.78 is 11.3. The molecule has 2 saturated heterocycles. The molecular formula is C28H40N6O4. The lowest BCUT2D eigenvalue weighted by atomic mass is 9.97. The van der Waals surface area contributed by atoms with Gasteiger partial charge < -0.3 is 29.5 Å². The van der Waals surface area contributed by atoms with Gasteiger partial charge in [0.25, 0.3) is 5.91 Å². The fourth-order valence-electron chi connectivity index (χ4n) is 4.49. The second-order valence-electron chi connectivity index (χ2n) is 11.1. The lowest BCUT2D eigenvalue weighted by Gasteiger charge is -2.35. The van der Waals surface area contributed by atoms with E-state index in [2.05, 4.69) is 27.2 Å². The highest BCUT2D eigenvalue weighted by Crippen LogP contribution is 2.18. The number of ether oxygens (including phenoxy) is 2. The average Bonchev–Trinajstić information content (AvgIpc) is 2.91. The summed E-state index contributed by atoms with van der Waals surface area (Å²) in [7, 11) is 2.14. The minimum absolute atomic E-state index is 0.0349. The number of hydrogen-bond donors (Lipinski definition) is 1. The summed E-state index contributed by atoms with van der Waals surface area (Å²) in [5, 5.41) is 3.08. The topological polar surface area (TPSA) is 100 Å². The minimum Gasteiger partial charge on any atom is -0.486 e. The molecule has 0 radical (unpaired) electrons. The molecule has 0 aliphatic carbocycles. The molecule has 0 atom stereocenters. The van der Waals surface area contributed by atoms with Crippen LogP contribution in [0.1, 0.15) is 49.5 Å². The van der Waals surface area contributed by atoms with Crippen molar-refractivity contribution >= 4 is 17.9 Å². The number of aromatic nitrogens is 2. The van der Waals surface area contributed by atoms with E-state index in [-0.39, 0.29) is 12.0 Å². The van der Waals surface area contributed by atoms with E-state index in [0.717, 1.165) is 38.0 Å². The number of rotatable bonds is 7. The molecule has 2 aliphatic heterocycles. The maximum atomic E-state index is 12.5. The Labute approximate surface area is 225 Å². The summed E-state index contributed by atoms with van der Waals surface area (Å²) in [4.78, 5) is 39.7. The van der Waals surface area contributed by atoms with Crippen LogP contribution in [0.5, 0.6) is 5.75 Å². The maximum absolute atomic E-state index is 12.5. The second-order valence-corrected chi connectivity index (χ2v) is 11.1. The molecule has 10 heteroatoms. The van der Waals surface area contributed by atoms with E-state index in [9.17, 15) is 9.59 Å². The molecule has 0 spiro atoms. The van der Waals surface area contributed by atoms with Gasteiger partial charge >= 0.3 is 6.09 Å². The monoisotopic (exact) mass is 524 g/mol. The molecule has 1 N–H and O–H groups in total. The zero-order chi connectivity index (χ0) is 27.1. The first kappa shape index (κ1) is 27.6. The van der Waals surface area contributed by atoms with Crippen LogP contribution in [0.25, 0.3) is 0 Å². The molecule has 1 aromatic carbocycles. The summed E-state index contributed by atoms with van der Waals surface area (Å²) in [5.41, 5.74) is 1.11. The van der Waals surface area contributed by atoms with Crippen molar-refractivity contribution in [2.45, 2.75) is 45.8 Å². The van der Waals surface area contributed by atoms with Crippen LogP contribution in [0, 0.1) is 5.92 Å². The van der Waals surface area contributed by atoms with E-state index in [1.54, 1.807) is 17.3 Å². The Bertz CT molecular complexity index is 1050. The lowest BCUT2D eigenvalue weighted by Crippen LogP contribution is -2.50. The summed E-state index contributed by atoms with van der Waals surface area (Å²) in [6, 6.07) is 7.48. The first-order chi connectivity index (χ1) is 18.2. The van der Waals surface area contributed by atoms with Gasteiger partial charge in [-0.05, 0) is 77.4 Å². The predicted molar refractivity (Wildman–Crippen MR) is 145 cm³/mol. The van der Waals surface area contributed by atoms with Gasteiger partial charge in [0.15, 0.2) is 5.75 Å². The molecular weight excluding hydrogens is 484 g/mol. The molecule has 1 aromatic heterocycles. The van der Waals surface area contributed by atoms with E-state index in [4.69, 9.17) is 9.47 Å². The molecule has 4 rings (SSSR count). The van der Waals surface area contributed by atoms with Crippen LogP contribution in [0.15, 0.2) is 36.7 Å². The van der Waals surface area contributed by atoms with Gasteiger partial charge in [-0.1, -0.05) is 12.1 Å². The van der Waals surface area contributed by atoms with E-state index in [1.807, 2.05) is 49.9 Å². The minimum atomic E-state index is -0.504. The third kappa shape index (κ3) is 8.05. The first-order valence-electron chi connectivity index (χ1n) is 13.4. The maximum Gasteiger partial charge on any atom is 0.410 e. The number of piperazine rings is 1. The van der Waals surface area contributed by atoms with Crippen LogP contribution >= 0.6 is 0 Å². The number of hydrogen-bond acceptors (Lipinski definition) is 8. The van der Waals surface area contributed by atoms with Crippen LogP contribution < -0.4 is 15.0 Å². The number of carbonyl (C=O) groups excluding carboxylic acids is 2. The van der Waals surface area contributed by atoms with Crippen molar-refractivity contribution in [1.82, 2.24) is 25.1 Å². The van der Waals surface area contributed by atoms with Crippen molar-refractivity contribution < 1.29 is 19.1 Å². The normalized spacial score (nSPS) is 17.3. The number of likely N-dealkylation sites (tertiary alicyclic amines) is 1. The highest BCUT2D eigenvalue weighted by Gasteiger charge is 2.26. The third-order valence-electron chi connectivity index (χ3n) is 6.84. The predicted octanol–water partition coefficient (Wildman–Crippen LogP) is 3.18. The van der Waals surface area contributed by atoms with Crippen molar-refractivity contribution in [2.24, 2.45) is 5.92 Å². The fourth-order valence-corrected chi connectivity index (χ4v) is 4.49. The molecule has 2 aromatic rings. The summed E-state index contributed by atoms with van der Waals surface area (Å²) >= 11 is 0. The van der Waals surface area contributed by atoms with E-state index < -0.39 is 5.60 Å². The second kappa shape index (κ2) is 12.4. The Hall–Kier alpha value is -3.40. The molecule has 0 unspecified atom stereocenters. The summed E-state index contributed by atoms with van der Waals surface area (Å²) in [6.45, 7) is 11.3. The SMILES string of the molecule is CN1CCC(CNC(=O)c2ccc(COc3cnc(N4CCN(C(=O)OC(C)(C)C)CC4)nc3)cc2)CC1. The van der Waals surface area contributed by atoms with E-state index >= 15 is 0 Å². The van der Waals surface area contributed by atoms with Crippen LogP contribution in [0.3, 0.4) is 0 Å². The average molecular weight is 525 g/mol. The van der Waals surface area contributed by atoms with Crippen LogP contribution in [-0.4, -0.2) is 90.2 Å². The van der Waals surface area contributed by atoms with Gasteiger partial charge in [0, 0.05) is 38.3 Å². The van der Waals surface area contributed by atoms with Gasteiger partial charge in [0.2, 0.25) is 5.95 Å². The Morgan fingerprint density at radius 1 is 0.974 bits per heavy atom. The van der Waals surface area contributed by atoms with Crippen molar-refractivity contribution in [1.29, 1.82) is 0 Å². The first-order valence-corrected chi connectivity index (χ1v) is 13.4. The number of nitrogens with one attached hydrogen (secondary N) is 1. The number of amides is 2. The zero-order valence-corrected chi connectivity index (χ0v) is 23.0. The van der Waals surface area contributed by atoms with Gasteiger partial charge in [0.05, 0.1) is 12.4 Å². The third-order valence-corrected chi connectivity index (χ3v) is 6.84. The molecule has 0 bridgehead atoms. The van der Waals surface area contributed by atoms with Gasteiger partial charge in [-0.15, -0.1) is 0 Å². The largest absolute Gasteiger partial charge is 0.486 e. The van der Waals surface area contributed by atoms with Crippen molar-refractivity contribution in [2.75, 3.05) is 57.8 Å². The van der Waals surface area contributed by atoms with Crippen LogP contribution in [-0.2, 0) is 11.3 Å². The van der Waals surface area contributed by atoms with Crippen molar-refractivity contribution in [3.05, 3.63) is 47.8 Å². The van der Waals surface area contributed by atoms with Crippen LogP contribution in [0.2, 0.25) is 0 Å². The number of carbonyl (C=O) groups is 2. The molecule has 206 valence electrons. The molecule has 38 heavy (non-hydrogen) atoms. The standard InChI is InChI=1S/C28H40N6O4/c1-28(2,3)38-27(36)34-15-13-33(14-16-34)26-30-18-24(19-31-26)37-20-22-5-7-23(8-6-22)25(35)29-17-21-9-11-32(4)12-10-21/h5-8,18-19,21H,9-17,20H2,1-4H3,(H,29,35). The van der Waals surface area contributed by atoms with Gasteiger partial charge in [-0.25, -0.2) is 14.8 Å². The fraction of sp³-hybridized carbons (Fsp3) is 0.571. The molecule has 0 saturated carbocycles. The van der Waals surface area contributed by atoms with Gasteiger partial charge in [0.1, 0.15) is 12.2 Å². The highest BCUT2D eigenvalue weighted by atomic mass is 16.6. The van der Waals surface area contributed by atoms with Crippen molar-refractivity contribution in [3.63, 3.8) is 0 Å². The van der Waals surface area contributed by atoms with Gasteiger partial charge in [-0.3, -0.25) is 4.79 Å². The van der Waals surface area contributed by atoms with Crippen LogP contribution in [0.4, 0.5) is 10.7 Å². The number of piperidine rings is 1. The van der Waals surface area contributed by atoms with E-state index in [0.29, 0.717) is 56.0 Å². The highest BCUT2D eigenvalue weighted by molar-refractivity contribution is 5.94. The number of benzene rings is 1. The summed E-state index contributed by atoms with van der Waals surface area (Å²) in [6.07, 6.45) is 5.29. The number of nitrogens with zero attached hydrogens (tertiary/aromatic N) is 5. The molecule has 2 amide bonds. The van der Waals surface area contributed by atoms with Crippen molar-refractivity contribution in [3.8, 4) is 5.75 Å². The molecule has 3 heterocycles. The Kier molecular flexibility index (Phi) is 9.04. The molecule has 10 nitrogen and oxygen atoms in total. The Morgan fingerprint density at radius 2 is 1.61 bits per heavy atom. The zero-order valence-electron chi connectivity index (χ0n) is 23.0. The molecule has 2 aliphatic rings. The smallest absolute Gasteiger partial charge is 0.410 e. The lowest BCUT2D eigenvalue weighted by molar-refractivity contribution is 0.0240. The van der Waals surface area contributed by atoms with Gasteiger partial charge in [-0.2, -0.15) is 0 Å². The molecule has 2 fully saturated rings. The van der Waals surface area contributed by atoms with E-state index in [1.165, 1.54) is 0 Å². The quantitative estimate of drug-likeness (QED) is 0.590. The Morgan fingerprint density at radius 3 is 2.21 bits per heavy atom. The number of anilines is 1. The summed E-state index contributed by atoms with van der Waals surface area (Å²) in [5.74, 6) is 1.70. The Balaban J connectivity index is 1.19.